The normalized spacial score (nSPS) is 13.8. The molecule has 0 bridgehead atoms. The van der Waals surface area contributed by atoms with Crippen LogP contribution in [0.5, 0.6) is 0 Å². The molecule has 2 aromatic rings. The number of rotatable bonds is 1. The Hall–Kier alpha value is -2.30. The second kappa shape index (κ2) is 4.67. The van der Waals surface area contributed by atoms with Crippen molar-refractivity contribution in [2.45, 2.75) is 6.18 Å². The average molecular weight is 276 g/mol. The Kier molecular flexibility index (Phi) is 2.97. The molecule has 0 amide bonds. The standard InChI is InChI=1S/C15H11F3N2/c16-15(17,18)13-4-2-1-3-12(13)10-5-6-11-8-19-9-20-14(11)7-10/h1-8,20H,9H2. The lowest BCUT2D eigenvalue weighted by Crippen LogP contribution is -2.09. The summed E-state index contributed by atoms with van der Waals surface area (Å²) in [6.45, 7) is 0.442. The summed E-state index contributed by atoms with van der Waals surface area (Å²) in [4.78, 5) is 4.06. The zero-order valence-electron chi connectivity index (χ0n) is 10.4. The van der Waals surface area contributed by atoms with Gasteiger partial charge in [0.05, 0.1) is 5.56 Å². The van der Waals surface area contributed by atoms with Gasteiger partial charge < -0.3 is 5.32 Å². The minimum Gasteiger partial charge on any atom is -0.366 e. The van der Waals surface area contributed by atoms with Gasteiger partial charge in [0.2, 0.25) is 0 Å². The van der Waals surface area contributed by atoms with Gasteiger partial charge >= 0.3 is 6.18 Å². The number of hydrogen-bond donors (Lipinski definition) is 1. The highest BCUT2D eigenvalue weighted by molar-refractivity contribution is 5.91. The van der Waals surface area contributed by atoms with E-state index in [1.165, 1.54) is 12.1 Å². The molecule has 1 heterocycles. The molecular formula is C15H11F3N2. The molecule has 0 atom stereocenters. The van der Waals surface area contributed by atoms with E-state index in [9.17, 15) is 13.2 Å². The molecule has 2 aromatic carbocycles. The summed E-state index contributed by atoms with van der Waals surface area (Å²) in [6.07, 6.45) is -2.65. The number of nitrogens with one attached hydrogen (secondary N) is 1. The fourth-order valence-electron chi connectivity index (χ4n) is 2.25. The molecule has 0 aliphatic carbocycles. The molecule has 5 heteroatoms. The van der Waals surface area contributed by atoms with Gasteiger partial charge in [0.1, 0.15) is 6.67 Å². The second-order valence-corrected chi connectivity index (χ2v) is 4.49. The number of fused-ring (bicyclic) bond motifs is 1. The van der Waals surface area contributed by atoms with Crippen molar-refractivity contribution in [3.8, 4) is 11.1 Å². The molecule has 1 aliphatic rings. The predicted molar refractivity (Wildman–Crippen MR) is 73.0 cm³/mol. The van der Waals surface area contributed by atoms with E-state index >= 15 is 0 Å². The van der Waals surface area contributed by atoms with Crippen LogP contribution >= 0.6 is 0 Å². The van der Waals surface area contributed by atoms with Crippen molar-refractivity contribution in [3.63, 3.8) is 0 Å². The molecule has 0 saturated heterocycles. The van der Waals surface area contributed by atoms with Gasteiger partial charge in [-0.2, -0.15) is 13.2 Å². The number of nitrogens with zero attached hydrogens (tertiary/aromatic N) is 1. The molecule has 2 nitrogen and oxygen atoms in total. The van der Waals surface area contributed by atoms with Crippen molar-refractivity contribution in [2.75, 3.05) is 12.0 Å². The van der Waals surface area contributed by atoms with E-state index in [1.54, 1.807) is 30.5 Å². The van der Waals surface area contributed by atoms with Crippen LogP contribution in [-0.2, 0) is 6.18 Å². The predicted octanol–water partition coefficient (Wildman–Crippen LogP) is 4.17. The molecular weight excluding hydrogens is 265 g/mol. The Bertz CT molecular complexity index is 675. The van der Waals surface area contributed by atoms with Crippen molar-refractivity contribution in [1.82, 2.24) is 0 Å². The molecule has 0 fully saturated rings. The summed E-state index contributed by atoms with van der Waals surface area (Å²) in [7, 11) is 0. The summed E-state index contributed by atoms with van der Waals surface area (Å²) in [5.74, 6) is 0. The van der Waals surface area contributed by atoms with E-state index in [2.05, 4.69) is 10.3 Å². The van der Waals surface area contributed by atoms with Crippen LogP contribution in [0.1, 0.15) is 11.1 Å². The lowest BCUT2D eigenvalue weighted by Gasteiger charge is -2.16. The van der Waals surface area contributed by atoms with Crippen LogP contribution in [0.15, 0.2) is 47.5 Å². The molecule has 3 rings (SSSR count). The van der Waals surface area contributed by atoms with Gasteiger partial charge in [-0.3, -0.25) is 4.99 Å². The molecule has 0 radical (unpaired) electrons. The Morgan fingerprint density at radius 2 is 1.85 bits per heavy atom. The summed E-state index contributed by atoms with van der Waals surface area (Å²) < 4.78 is 39.1. The minimum absolute atomic E-state index is 0.187. The summed E-state index contributed by atoms with van der Waals surface area (Å²) in [6, 6.07) is 10.8. The van der Waals surface area contributed by atoms with E-state index < -0.39 is 11.7 Å². The molecule has 0 spiro atoms. The zero-order chi connectivity index (χ0) is 14.2. The Labute approximate surface area is 114 Å². The molecule has 0 saturated carbocycles. The Morgan fingerprint density at radius 3 is 2.65 bits per heavy atom. The average Bonchev–Trinajstić information content (AvgIpc) is 2.46. The van der Waals surface area contributed by atoms with E-state index in [0.717, 1.165) is 17.3 Å². The molecule has 20 heavy (non-hydrogen) atoms. The van der Waals surface area contributed by atoms with Crippen LogP contribution in [-0.4, -0.2) is 12.9 Å². The van der Waals surface area contributed by atoms with E-state index in [1.807, 2.05) is 0 Å². The third-order valence-corrected chi connectivity index (χ3v) is 3.19. The number of alkyl halides is 3. The van der Waals surface area contributed by atoms with Crippen LogP contribution in [0.2, 0.25) is 0 Å². The zero-order valence-corrected chi connectivity index (χ0v) is 10.4. The molecule has 0 aromatic heterocycles. The summed E-state index contributed by atoms with van der Waals surface area (Å²) in [5.41, 5.74) is 1.79. The van der Waals surface area contributed by atoms with Gasteiger partial charge in [0.25, 0.3) is 0 Å². The molecule has 0 unspecified atom stereocenters. The number of hydrogen-bond acceptors (Lipinski definition) is 2. The first-order chi connectivity index (χ1) is 9.55. The quantitative estimate of drug-likeness (QED) is 0.830. The van der Waals surface area contributed by atoms with Gasteiger partial charge in [-0.15, -0.1) is 0 Å². The smallest absolute Gasteiger partial charge is 0.366 e. The first kappa shape index (κ1) is 12.7. The summed E-state index contributed by atoms with van der Waals surface area (Å²) >= 11 is 0. The SMILES string of the molecule is FC(F)(F)c1ccccc1-c1ccc2c(c1)NCN=C2. The lowest BCUT2D eigenvalue weighted by atomic mass is 9.97. The monoisotopic (exact) mass is 276 g/mol. The largest absolute Gasteiger partial charge is 0.417 e. The van der Waals surface area contributed by atoms with Crippen LogP contribution in [0.25, 0.3) is 11.1 Å². The van der Waals surface area contributed by atoms with Crippen molar-refractivity contribution in [1.29, 1.82) is 0 Å². The highest BCUT2D eigenvalue weighted by Gasteiger charge is 2.33. The van der Waals surface area contributed by atoms with E-state index in [0.29, 0.717) is 12.2 Å². The maximum atomic E-state index is 13.0. The van der Waals surface area contributed by atoms with Gasteiger partial charge in [-0.1, -0.05) is 30.3 Å². The van der Waals surface area contributed by atoms with Crippen molar-refractivity contribution < 1.29 is 13.2 Å². The maximum Gasteiger partial charge on any atom is 0.417 e. The second-order valence-electron chi connectivity index (χ2n) is 4.49. The summed E-state index contributed by atoms with van der Waals surface area (Å²) in [5, 5.41) is 3.05. The molecule has 1 aliphatic heterocycles. The van der Waals surface area contributed by atoms with E-state index in [-0.39, 0.29) is 5.56 Å². The van der Waals surface area contributed by atoms with Gasteiger partial charge in [-0.25, -0.2) is 0 Å². The fraction of sp³-hybridized carbons (Fsp3) is 0.133. The Morgan fingerprint density at radius 1 is 1.05 bits per heavy atom. The maximum absolute atomic E-state index is 13.0. The molecule has 102 valence electrons. The first-order valence-corrected chi connectivity index (χ1v) is 6.10. The van der Waals surface area contributed by atoms with Gasteiger partial charge in [-0.05, 0) is 23.3 Å². The Balaban J connectivity index is 2.13. The number of aliphatic imine (C=N–C) groups is 1. The van der Waals surface area contributed by atoms with Crippen LogP contribution in [0.4, 0.5) is 18.9 Å². The molecule has 1 N–H and O–H groups in total. The topological polar surface area (TPSA) is 24.4 Å². The number of halogens is 3. The van der Waals surface area contributed by atoms with Crippen molar-refractivity contribution in [3.05, 3.63) is 53.6 Å². The lowest BCUT2D eigenvalue weighted by molar-refractivity contribution is -0.137. The van der Waals surface area contributed by atoms with Gasteiger partial charge in [0.15, 0.2) is 0 Å². The van der Waals surface area contributed by atoms with Crippen LogP contribution in [0.3, 0.4) is 0 Å². The van der Waals surface area contributed by atoms with Crippen LogP contribution < -0.4 is 5.32 Å². The number of anilines is 1. The first-order valence-electron chi connectivity index (χ1n) is 6.10. The van der Waals surface area contributed by atoms with Crippen molar-refractivity contribution >= 4 is 11.9 Å². The van der Waals surface area contributed by atoms with Crippen LogP contribution in [0, 0.1) is 0 Å². The number of benzene rings is 2. The third kappa shape index (κ3) is 2.27. The fourth-order valence-corrected chi connectivity index (χ4v) is 2.25. The minimum atomic E-state index is -4.36. The van der Waals surface area contributed by atoms with Gasteiger partial charge in [0, 0.05) is 17.5 Å². The van der Waals surface area contributed by atoms with Crippen molar-refractivity contribution in [2.24, 2.45) is 4.99 Å². The highest BCUT2D eigenvalue weighted by atomic mass is 19.4. The third-order valence-electron chi connectivity index (χ3n) is 3.19. The highest BCUT2D eigenvalue weighted by Crippen LogP contribution is 2.37. The van der Waals surface area contributed by atoms with E-state index in [4.69, 9.17) is 0 Å².